The summed E-state index contributed by atoms with van der Waals surface area (Å²) in [5, 5.41) is 8.42. The van der Waals surface area contributed by atoms with Crippen molar-refractivity contribution in [1.82, 2.24) is 0 Å². The molecule has 13 heavy (non-hydrogen) atoms. The number of carboxylic acids is 1. The molecule has 0 radical (unpaired) electrons. The van der Waals surface area contributed by atoms with E-state index in [1.54, 1.807) is 0 Å². The van der Waals surface area contributed by atoms with Gasteiger partial charge in [0, 0.05) is 6.42 Å². The zero-order chi connectivity index (χ0) is 10.1. The minimum atomic E-state index is -2.76. The molecule has 1 N–H and O–H groups in total. The number of sulfone groups is 1. The first-order chi connectivity index (χ1) is 5.91. The Morgan fingerprint density at radius 3 is 2.46 bits per heavy atom. The molecule has 0 aromatic rings. The molecule has 0 amide bonds. The smallest absolute Gasteiger partial charge is 0.303 e. The fourth-order valence-corrected chi connectivity index (χ4v) is 3.38. The van der Waals surface area contributed by atoms with Crippen molar-refractivity contribution in [2.75, 3.05) is 11.5 Å². The predicted molar refractivity (Wildman–Crippen MR) is 48.2 cm³/mol. The third-order valence-corrected chi connectivity index (χ3v) is 4.43. The molecule has 0 aliphatic carbocycles. The first kappa shape index (κ1) is 10.5. The average Bonchev–Trinajstić information content (AvgIpc) is 1.95. The number of carboxylic acid groups (broad SMARTS) is 1. The van der Waals surface area contributed by atoms with Gasteiger partial charge in [0.15, 0.2) is 9.84 Å². The monoisotopic (exact) mass is 206 g/mol. The van der Waals surface area contributed by atoms with Crippen molar-refractivity contribution in [2.24, 2.45) is 11.8 Å². The highest BCUT2D eigenvalue weighted by atomic mass is 32.2. The molecule has 1 saturated heterocycles. The van der Waals surface area contributed by atoms with E-state index in [9.17, 15) is 13.2 Å². The standard InChI is InChI=1S/C8H14O4S/c1-6(2-3-8(9)10)7-4-13(11,12)5-7/h6-7H,2-5H2,1H3,(H,9,10). The van der Waals surface area contributed by atoms with Gasteiger partial charge in [0.2, 0.25) is 0 Å². The van der Waals surface area contributed by atoms with Crippen LogP contribution in [0.25, 0.3) is 0 Å². The number of hydrogen-bond donors (Lipinski definition) is 1. The molecule has 1 aliphatic heterocycles. The third kappa shape index (κ3) is 2.99. The van der Waals surface area contributed by atoms with Crippen LogP contribution in [0, 0.1) is 11.8 Å². The lowest BCUT2D eigenvalue weighted by molar-refractivity contribution is -0.137. The van der Waals surface area contributed by atoms with Crippen LogP contribution in [0.3, 0.4) is 0 Å². The lowest BCUT2D eigenvalue weighted by atomic mass is 9.92. The SMILES string of the molecule is CC(CCC(=O)O)C1CS(=O)(=O)C1. The maximum Gasteiger partial charge on any atom is 0.303 e. The Hall–Kier alpha value is -0.580. The lowest BCUT2D eigenvalue weighted by Gasteiger charge is -2.30. The highest BCUT2D eigenvalue weighted by Crippen LogP contribution is 2.28. The molecule has 5 heteroatoms. The highest BCUT2D eigenvalue weighted by molar-refractivity contribution is 7.92. The van der Waals surface area contributed by atoms with Crippen molar-refractivity contribution in [1.29, 1.82) is 0 Å². The largest absolute Gasteiger partial charge is 0.481 e. The van der Waals surface area contributed by atoms with E-state index in [-0.39, 0.29) is 29.8 Å². The van der Waals surface area contributed by atoms with Crippen molar-refractivity contribution < 1.29 is 18.3 Å². The molecule has 1 heterocycles. The lowest BCUT2D eigenvalue weighted by Crippen LogP contribution is -2.40. The summed E-state index contributed by atoms with van der Waals surface area (Å²) >= 11 is 0. The number of carbonyl (C=O) groups is 1. The number of hydrogen-bond acceptors (Lipinski definition) is 3. The van der Waals surface area contributed by atoms with E-state index in [0.29, 0.717) is 6.42 Å². The van der Waals surface area contributed by atoms with E-state index in [1.165, 1.54) is 0 Å². The molecule has 0 spiro atoms. The first-order valence-corrected chi connectivity index (χ1v) is 6.15. The average molecular weight is 206 g/mol. The van der Waals surface area contributed by atoms with Gasteiger partial charge in [-0.15, -0.1) is 0 Å². The third-order valence-electron chi connectivity index (χ3n) is 2.55. The second kappa shape index (κ2) is 3.65. The van der Waals surface area contributed by atoms with Crippen LogP contribution in [0.1, 0.15) is 19.8 Å². The molecule has 1 atom stereocenters. The second-order valence-electron chi connectivity index (χ2n) is 3.75. The van der Waals surface area contributed by atoms with E-state index >= 15 is 0 Å². The quantitative estimate of drug-likeness (QED) is 0.728. The summed E-state index contributed by atoms with van der Waals surface area (Å²) < 4.78 is 21.6. The van der Waals surface area contributed by atoms with Crippen LogP contribution in [-0.4, -0.2) is 31.0 Å². The van der Waals surface area contributed by atoms with Gasteiger partial charge in [0.05, 0.1) is 11.5 Å². The maximum absolute atomic E-state index is 10.8. The molecule has 4 nitrogen and oxygen atoms in total. The Balaban J connectivity index is 2.27. The van der Waals surface area contributed by atoms with Crippen molar-refractivity contribution in [3.8, 4) is 0 Å². The molecule has 1 unspecified atom stereocenters. The summed E-state index contributed by atoms with van der Waals surface area (Å²) in [4.78, 5) is 10.2. The van der Waals surface area contributed by atoms with Gasteiger partial charge in [-0.25, -0.2) is 8.42 Å². The van der Waals surface area contributed by atoms with Crippen LogP contribution in [0.2, 0.25) is 0 Å². The van der Waals surface area contributed by atoms with Gasteiger partial charge < -0.3 is 5.11 Å². The molecule has 1 aliphatic rings. The van der Waals surface area contributed by atoms with E-state index in [0.717, 1.165) is 0 Å². The van der Waals surface area contributed by atoms with E-state index < -0.39 is 15.8 Å². The molecule has 0 aromatic heterocycles. The van der Waals surface area contributed by atoms with Gasteiger partial charge in [0.25, 0.3) is 0 Å². The van der Waals surface area contributed by atoms with Crippen molar-refractivity contribution in [3.05, 3.63) is 0 Å². The van der Waals surface area contributed by atoms with Crippen LogP contribution in [0.4, 0.5) is 0 Å². The van der Waals surface area contributed by atoms with Gasteiger partial charge in [-0.1, -0.05) is 6.92 Å². The number of rotatable bonds is 4. The fourth-order valence-electron chi connectivity index (χ4n) is 1.52. The molecule has 1 rings (SSSR count). The van der Waals surface area contributed by atoms with Crippen LogP contribution in [0.5, 0.6) is 0 Å². The minimum Gasteiger partial charge on any atom is -0.481 e. The number of aliphatic carboxylic acids is 1. The summed E-state index contributed by atoms with van der Waals surface area (Å²) in [6, 6.07) is 0. The first-order valence-electron chi connectivity index (χ1n) is 4.33. The summed E-state index contributed by atoms with van der Waals surface area (Å²) in [6.07, 6.45) is 0.716. The van der Waals surface area contributed by atoms with Gasteiger partial charge in [-0.2, -0.15) is 0 Å². The Labute approximate surface area is 77.9 Å². The summed E-state index contributed by atoms with van der Waals surface area (Å²) in [5.74, 6) is 0.0692. The van der Waals surface area contributed by atoms with Crippen LogP contribution < -0.4 is 0 Å². The normalized spacial score (nSPS) is 23.5. The Bertz CT molecular complexity index is 281. The van der Waals surface area contributed by atoms with Crippen molar-refractivity contribution >= 4 is 15.8 Å². The van der Waals surface area contributed by atoms with Crippen molar-refractivity contribution in [3.63, 3.8) is 0 Å². The summed E-state index contributed by atoms with van der Waals surface area (Å²) in [7, 11) is -2.76. The van der Waals surface area contributed by atoms with E-state index in [2.05, 4.69) is 0 Å². The van der Waals surface area contributed by atoms with E-state index in [1.807, 2.05) is 6.92 Å². The molecule has 0 saturated carbocycles. The van der Waals surface area contributed by atoms with Gasteiger partial charge in [0.1, 0.15) is 0 Å². The molecule has 0 bridgehead atoms. The Kier molecular flexibility index (Phi) is 2.95. The molecule has 1 fully saturated rings. The van der Waals surface area contributed by atoms with Crippen LogP contribution >= 0.6 is 0 Å². The maximum atomic E-state index is 10.8. The summed E-state index contributed by atoms with van der Waals surface area (Å²) in [6.45, 7) is 1.92. The zero-order valence-electron chi connectivity index (χ0n) is 7.56. The summed E-state index contributed by atoms with van der Waals surface area (Å²) in [5.41, 5.74) is 0. The van der Waals surface area contributed by atoms with E-state index in [4.69, 9.17) is 5.11 Å². The predicted octanol–water partition coefficient (Wildman–Crippen LogP) is 0.532. The fraction of sp³-hybridized carbons (Fsp3) is 0.875. The van der Waals surface area contributed by atoms with Gasteiger partial charge >= 0.3 is 5.97 Å². The molecule has 76 valence electrons. The molecular formula is C8H14O4S. The van der Waals surface area contributed by atoms with Gasteiger partial charge in [-0.3, -0.25) is 4.79 Å². The van der Waals surface area contributed by atoms with Crippen LogP contribution in [0.15, 0.2) is 0 Å². The zero-order valence-corrected chi connectivity index (χ0v) is 8.38. The second-order valence-corrected chi connectivity index (χ2v) is 5.90. The highest BCUT2D eigenvalue weighted by Gasteiger charge is 2.36. The Morgan fingerprint density at radius 1 is 1.54 bits per heavy atom. The molecule has 0 aromatic carbocycles. The van der Waals surface area contributed by atoms with Crippen molar-refractivity contribution in [2.45, 2.75) is 19.8 Å². The topological polar surface area (TPSA) is 71.4 Å². The Morgan fingerprint density at radius 2 is 2.08 bits per heavy atom. The molecular weight excluding hydrogens is 192 g/mol. The van der Waals surface area contributed by atoms with Gasteiger partial charge in [-0.05, 0) is 18.3 Å². The van der Waals surface area contributed by atoms with Crippen LogP contribution in [-0.2, 0) is 14.6 Å². The minimum absolute atomic E-state index is 0.137.